The highest BCUT2D eigenvalue weighted by atomic mass is 127. The van der Waals surface area contributed by atoms with Crippen molar-refractivity contribution in [2.45, 2.75) is 26.4 Å². The fourth-order valence-electron chi connectivity index (χ4n) is 2.68. The number of nitrogens with one attached hydrogen (secondary N) is 2. The third kappa shape index (κ3) is 7.83. The van der Waals surface area contributed by atoms with Crippen molar-refractivity contribution >= 4 is 46.3 Å². The zero-order valence-electron chi connectivity index (χ0n) is 17.4. The number of carbonyl (C=O) groups excluding carboxylic acids is 2. The Morgan fingerprint density at radius 3 is 2.30 bits per heavy atom. The number of anilines is 2. The van der Waals surface area contributed by atoms with Crippen LogP contribution in [0.2, 0.25) is 0 Å². The molecule has 8 heteroatoms. The zero-order valence-corrected chi connectivity index (χ0v) is 19.6. The molecule has 1 aliphatic heterocycles. The quantitative estimate of drug-likeness (QED) is 0.321. The van der Waals surface area contributed by atoms with Crippen molar-refractivity contribution in [1.82, 2.24) is 5.32 Å². The number of phenolic OH excluding ortho intramolecular Hbond substituents is 1. The first kappa shape index (κ1) is 23.9. The number of aromatic hydroxyl groups is 1. The lowest BCUT2D eigenvalue weighted by atomic mass is 10.1. The Labute approximate surface area is 190 Å². The number of halogens is 1. The molecule has 0 aromatic heterocycles. The highest BCUT2D eigenvalue weighted by molar-refractivity contribution is 14.1. The van der Waals surface area contributed by atoms with E-state index in [1.165, 1.54) is 0 Å². The third-order valence-electron chi connectivity index (χ3n) is 4.22. The molecule has 7 nitrogen and oxygen atoms in total. The molecule has 0 bridgehead atoms. The van der Waals surface area contributed by atoms with E-state index in [9.17, 15) is 14.7 Å². The molecule has 0 saturated carbocycles. The number of carbonyl (C=O) groups is 2. The SMILES string of the molecule is CC(C)(C)OC=O.O=C(Nc1ccc(O)c(I)c1)c1ccc(N2CCNCC2)cc1. The molecule has 3 rings (SSSR count). The van der Waals surface area contributed by atoms with Gasteiger partial charge in [-0.15, -0.1) is 0 Å². The minimum absolute atomic E-state index is 0.154. The molecule has 2 aromatic rings. The van der Waals surface area contributed by atoms with E-state index in [-0.39, 0.29) is 17.3 Å². The van der Waals surface area contributed by atoms with Crippen molar-refractivity contribution in [3.05, 3.63) is 51.6 Å². The molecule has 1 amide bonds. The van der Waals surface area contributed by atoms with Crippen LogP contribution in [0, 0.1) is 3.57 Å². The predicted molar refractivity (Wildman–Crippen MR) is 127 cm³/mol. The van der Waals surface area contributed by atoms with Crippen molar-refractivity contribution in [2.24, 2.45) is 0 Å². The van der Waals surface area contributed by atoms with Crippen LogP contribution in [0.5, 0.6) is 5.75 Å². The van der Waals surface area contributed by atoms with Gasteiger partial charge >= 0.3 is 0 Å². The molecule has 1 fully saturated rings. The maximum Gasteiger partial charge on any atom is 0.293 e. The average Bonchev–Trinajstić information content (AvgIpc) is 2.71. The number of benzene rings is 2. The van der Waals surface area contributed by atoms with Gasteiger partial charge in [-0.3, -0.25) is 9.59 Å². The Morgan fingerprint density at radius 2 is 1.80 bits per heavy atom. The molecule has 2 aromatic carbocycles. The number of hydrogen-bond acceptors (Lipinski definition) is 6. The summed E-state index contributed by atoms with van der Waals surface area (Å²) in [6, 6.07) is 12.7. The lowest BCUT2D eigenvalue weighted by Crippen LogP contribution is -2.43. The number of ether oxygens (including phenoxy) is 1. The Balaban J connectivity index is 0.000000396. The van der Waals surface area contributed by atoms with Crippen molar-refractivity contribution in [2.75, 3.05) is 36.4 Å². The van der Waals surface area contributed by atoms with Gasteiger partial charge in [-0.1, -0.05) is 0 Å². The summed E-state index contributed by atoms with van der Waals surface area (Å²) in [6.07, 6.45) is 0. The van der Waals surface area contributed by atoms with Crippen molar-refractivity contribution in [1.29, 1.82) is 0 Å². The summed E-state index contributed by atoms with van der Waals surface area (Å²) >= 11 is 2.03. The number of phenols is 1. The molecular formula is C22H28IN3O4. The Bertz CT molecular complexity index is 844. The highest BCUT2D eigenvalue weighted by Gasteiger charge is 2.12. The monoisotopic (exact) mass is 525 g/mol. The molecule has 1 heterocycles. The van der Waals surface area contributed by atoms with Gasteiger partial charge in [-0.2, -0.15) is 0 Å². The Hall–Kier alpha value is -2.33. The maximum absolute atomic E-state index is 12.3. The molecule has 1 aliphatic rings. The molecule has 1 saturated heterocycles. The van der Waals surface area contributed by atoms with Gasteiger partial charge in [0, 0.05) is 43.1 Å². The second-order valence-electron chi connectivity index (χ2n) is 7.73. The first-order valence-corrected chi connectivity index (χ1v) is 10.7. The average molecular weight is 525 g/mol. The summed E-state index contributed by atoms with van der Waals surface area (Å²) in [7, 11) is 0. The molecule has 30 heavy (non-hydrogen) atoms. The second kappa shape index (κ2) is 11.2. The van der Waals surface area contributed by atoms with E-state index < -0.39 is 0 Å². The van der Waals surface area contributed by atoms with Crippen LogP contribution in [0.4, 0.5) is 11.4 Å². The number of amides is 1. The van der Waals surface area contributed by atoms with Gasteiger partial charge in [-0.05, 0) is 85.8 Å². The normalized spacial score (nSPS) is 13.7. The third-order valence-corrected chi connectivity index (χ3v) is 5.08. The molecule has 0 radical (unpaired) electrons. The fourth-order valence-corrected chi connectivity index (χ4v) is 3.19. The minimum Gasteiger partial charge on any atom is -0.507 e. The summed E-state index contributed by atoms with van der Waals surface area (Å²) in [4.78, 5) is 24.2. The number of nitrogens with zero attached hydrogens (tertiary/aromatic N) is 1. The van der Waals surface area contributed by atoms with Crippen molar-refractivity contribution < 1.29 is 19.4 Å². The molecule has 0 unspecified atom stereocenters. The van der Waals surface area contributed by atoms with Crippen LogP contribution in [0.15, 0.2) is 42.5 Å². The van der Waals surface area contributed by atoms with Crippen LogP contribution in [0.1, 0.15) is 31.1 Å². The van der Waals surface area contributed by atoms with Crippen LogP contribution in [-0.4, -0.2) is 49.3 Å². The number of hydrogen-bond donors (Lipinski definition) is 3. The van der Waals surface area contributed by atoms with Gasteiger partial charge in [0.05, 0.1) is 3.57 Å². The van der Waals surface area contributed by atoms with E-state index in [0.717, 1.165) is 31.9 Å². The molecule has 0 aliphatic carbocycles. The summed E-state index contributed by atoms with van der Waals surface area (Å²) in [5, 5.41) is 15.7. The van der Waals surface area contributed by atoms with Gasteiger partial charge in [0.1, 0.15) is 11.4 Å². The zero-order chi connectivity index (χ0) is 22.1. The van der Waals surface area contributed by atoms with E-state index in [4.69, 9.17) is 0 Å². The van der Waals surface area contributed by atoms with E-state index in [2.05, 4.69) is 20.3 Å². The first-order valence-electron chi connectivity index (χ1n) is 9.66. The van der Waals surface area contributed by atoms with Crippen LogP contribution in [0.3, 0.4) is 0 Å². The minimum atomic E-state index is -0.318. The van der Waals surface area contributed by atoms with Crippen LogP contribution >= 0.6 is 22.6 Å². The number of rotatable bonds is 4. The topological polar surface area (TPSA) is 90.9 Å². The highest BCUT2D eigenvalue weighted by Crippen LogP contribution is 2.23. The van der Waals surface area contributed by atoms with Crippen LogP contribution < -0.4 is 15.5 Å². The summed E-state index contributed by atoms with van der Waals surface area (Å²) in [6.45, 7) is 9.86. The standard InChI is InChI=1S/C17H18IN3O2.C5H10O2/c18-15-11-13(3-6-16(15)22)20-17(23)12-1-4-14(5-2-12)21-9-7-19-8-10-21;1-5(2,3)7-4-6/h1-6,11,19,22H,7-10H2,(H,20,23);4H,1-3H3. The Kier molecular flexibility index (Phi) is 8.91. The molecule has 3 N–H and O–H groups in total. The van der Waals surface area contributed by atoms with Gasteiger partial charge < -0.3 is 25.4 Å². The van der Waals surface area contributed by atoms with Gasteiger partial charge in [0.15, 0.2) is 0 Å². The molecule has 162 valence electrons. The molecular weight excluding hydrogens is 497 g/mol. The van der Waals surface area contributed by atoms with Gasteiger partial charge in [0.25, 0.3) is 12.4 Å². The lowest BCUT2D eigenvalue weighted by Gasteiger charge is -2.29. The van der Waals surface area contributed by atoms with Crippen molar-refractivity contribution in [3.8, 4) is 5.75 Å². The van der Waals surface area contributed by atoms with E-state index in [1.807, 2.05) is 67.6 Å². The smallest absolute Gasteiger partial charge is 0.293 e. The van der Waals surface area contributed by atoms with Gasteiger partial charge in [0.2, 0.25) is 0 Å². The van der Waals surface area contributed by atoms with E-state index in [0.29, 0.717) is 21.3 Å². The van der Waals surface area contributed by atoms with Crippen LogP contribution in [-0.2, 0) is 9.53 Å². The van der Waals surface area contributed by atoms with Crippen molar-refractivity contribution in [3.63, 3.8) is 0 Å². The number of piperazine rings is 1. The predicted octanol–water partition coefficient (Wildman–Crippen LogP) is 3.62. The fraction of sp³-hybridized carbons (Fsp3) is 0.364. The van der Waals surface area contributed by atoms with E-state index >= 15 is 0 Å². The van der Waals surface area contributed by atoms with Gasteiger partial charge in [-0.25, -0.2) is 0 Å². The summed E-state index contributed by atoms with van der Waals surface area (Å²) in [5.74, 6) is 0.0577. The summed E-state index contributed by atoms with van der Waals surface area (Å²) < 4.78 is 5.25. The second-order valence-corrected chi connectivity index (χ2v) is 8.89. The first-order chi connectivity index (χ1) is 14.2. The van der Waals surface area contributed by atoms with E-state index in [1.54, 1.807) is 18.2 Å². The Morgan fingerprint density at radius 1 is 1.17 bits per heavy atom. The largest absolute Gasteiger partial charge is 0.507 e. The summed E-state index contributed by atoms with van der Waals surface area (Å²) in [5.41, 5.74) is 2.11. The molecule has 0 atom stereocenters. The molecule has 0 spiro atoms. The lowest BCUT2D eigenvalue weighted by molar-refractivity contribution is -0.138. The maximum atomic E-state index is 12.3. The van der Waals surface area contributed by atoms with Crippen LogP contribution in [0.25, 0.3) is 0 Å².